The summed E-state index contributed by atoms with van der Waals surface area (Å²) in [5.74, 6) is 0. The van der Waals surface area contributed by atoms with Gasteiger partial charge in [-0.05, 0) is 125 Å². The molecular weight excluding hydrogens is 723 g/mol. The van der Waals surface area contributed by atoms with Crippen molar-refractivity contribution in [1.29, 1.82) is 0 Å². The van der Waals surface area contributed by atoms with Gasteiger partial charge in [0, 0.05) is 21.9 Å². The molecule has 10 aromatic carbocycles. The van der Waals surface area contributed by atoms with E-state index < -0.39 is 0 Å². The van der Waals surface area contributed by atoms with E-state index in [4.69, 9.17) is 0 Å². The second-order valence-corrected chi connectivity index (χ2v) is 16.9. The Kier molecular flexibility index (Phi) is 7.65. The van der Waals surface area contributed by atoms with Gasteiger partial charge in [0.05, 0.1) is 11.0 Å². The minimum absolute atomic E-state index is 0.0859. The summed E-state index contributed by atoms with van der Waals surface area (Å²) in [5.41, 5.74) is 18.8. The summed E-state index contributed by atoms with van der Waals surface area (Å²) in [4.78, 5) is 0. The highest BCUT2D eigenvalue weighted by Gasteiger charge is 2.35. The van der Waals surface area contributed by atoms with Crippen molar-refractivity contribution in [3.8, 4) is 61.3 Å². The average molecular weight is 764 g/mol. The molecule has 11 aromatic rings. The third-order valence-corrected chi connectivity index (χ3v) is 13.2. The predicted octanol–water partition coefficient (Wildman–Crippen LogP) is 16.1. The Balaban J connectivity index is 0.997. The molecule has 0 saturated carbocycles. The molecular formula is C59H41N. The SMILES string of the molecule is CC1(C)c2ccccc2-c2ccc(-n3c4ccc(-c5ccc(-c6cccc7ccccc67)cc5)cc4c4cc(-c5ccc(-c6cccc7ccccc67)cc5)ccc43)cc21. The van der Waals surface area contributed by atoms with Crippen molar-refractivity contribution in [2.75, 3.05) is 0 Å². The lowest BCUT2D eigenvalue weighted by molar-refractivity contribution is 0.660. The Morgan fingerprint density at radius 3 is 1.30 bits per heavy atom. The Morgan fingerprint density at radius 1 is 0.300 bits per heavy atom. The molecule has 1 aromatic heterocycles. The zero-order valence-electron chi connectivity index (χ0n) is 33.7. The molecule has 0 radical (unpaired) electrons. The summed E-state index contributed by atoms with van der Waals surface area (Å²) < 4.78 is 2.48. The largest absolute Gasteiger partial charge is 0.309 e. The maximum Gasteiger partial charge on any atom is 0.0541 e. The first-order valence-electron chi connectivity index (χ1n) is 21.0. The maximum absolute atomic E-state index is 2.48. The van der Waals surface area contributed by atoms with E-state index in [2.05, 4.69) is 231 Å². The molecule has 1 heteroatoms. The topological polar surface area (TPSA) is 4.93 Å². The number of aromatic nitrogens is 1. The van der Waals surface area contributed by atoms with Crippen molar-refractivity contribution in [3.05, 3.63) is 223 Å². The fraction of sp³-hybridized carbons (Fsp3) is 0.0508. The molecule has 0 amide bonds. The Morgan fingerprint density at radius 2 is 0.733 bits per heavy atom. The van der Waals surface area contributed by atoms with Crippen LogP contribution in [0.15, 0.2) is 212 Å². The van der Waals surface area contributed by atoms with Gasteiger partial charge in [-0.25, -0.2) is 0 Å². The van der Waals surface area contributed by atoms with Crippen LogP contribution in [0.25, 0.3) is 105 Å². The van der Waals surface area contributed by atoms with Gasteiger partial charge in [-0.15, -0.1) is 0 Å². The Labute approximate surface area is 350 Å². The second-order valence-electron chi connectivity index (χ2n) is 16.9. The minimum Gasteiger partial charge on any atom is -0.309 e. The zero-order valence-corrected chi connectivity index (χ0v) is 33.7. The van der Waals surface area contributed by atoms with Crippen molar-refractivity contribution in [1.82, 2.24) is 4.57 Å². The lowest BCUT2D eigenvalue weighted by Gasteiger charge is -2.22. The summed E-state index contributed by atoms with van der Waals surface area (Å²) in [7, 11) is 0. The van der Waals surface area contributed by atoms with E-state index in [0.29, 0.717) is 0 Å². The van der Waals surface area contributed by atoms with Crippen molar-refractivity contribution in [2.24, 2.45) is 0 Å². The summed E-state index contributed by atoms with van der Waals surface area (Å²) >= 11 is 0. The summed E-state index contributed by atoms with van der Waals surface area (Å²) in [6.07, 6.45) is 0. The number of benzene rings is 10. The van der Waals surface area contributed by atoms with Gasteiger partial charge in [0.15, 0.2) is 0 Å². The van der Waals surface area contributed by atoms with Crippen molar-refractivity contribution in [2.45, 2.75) is 19.3 Å². The highest BCUT2D eigenvalue weighted by Crippen LogP contribution is 2.50. The van der Waals surface area contributed by atoms with Crippen LogP contribution in [0.4, 0.5) is 0 Å². The van der Waals surface area contributed by atoms with E-state index in [-0.39, 0.29) is 5.41 Å². The molecule has 1 aliphatic rings. The molecule has 0 saturated heterocycles. The van der Waals surface area contributed by atoms with Crippen LogP contribution in [0.1, 0.15) is 25.0 Å². The molecule has 0 N–H and O–H groups in total. The quantitative estimate of drug-likeness (QED) is 0.165. The zero-order chi connectivity index (χ0) is 40.0. The van der Waals surface area contributed by atoms with Gasteiger partial charge in [0.2, 0.25) is 0 Å². The first-order valence-corrected chi connectivity index (χ1v) is 21.0. The highest BCUT2D eigenvalue weighted by atomic mass is 15.0. The predicted molar refractivity (Wildman–Crippen MR) is 255 cm³/mol. The van der Waals surface area contributed by atoms with E-state index in [0.717, 1.165) is 0 Å². The molecule has 12 rings (SSSR count). The lowest BCUT2D eigenvalue weighted by Crippen LogP contribution is -2.15. The molecule has 1 nitrogen and oxygen atoms in total. The van der Waals surface area contributed by atoms with E-state index in [9.17, 15) is 0 Å². The van der Waals surface area contributed by atoms with Crippen LogP contribution in [0.5, 0.6) is 0 Å². The number of rotatable bonds is 5. The van der Waals surface area contributed by atoms with Gasteiger partial charge < -0.3 is 4.57 Å². The van der Waals surface area contributed by atoms with Crippen LogP contribution in [-0.2, 0) is 5.41 Å². The standard InChI is InChI=1S/C59H41N/c1-59(2)55-20-8-7-17-51(55)52-32-31-46(37-56(52)59)60-57-33-29-44(38-21-25-42(26-22-38)49-18-9-13-40-11-3-5-15-47(40)49)35-53(57)54-36-45(30-34-58(54)60)39-23-27-43(28-24-39)50-19-10-14-41-12-4-6-16-48(41)50/h3-37H,1-2H3. The summed E-state index contributed by atoms with van der Waals surface area (Å²) in [6, 6.07) is 78.7. The summed E-state index contributed by atoms with van der Waals surface area (Å²) in [6.45, 7) is 4.73. The van der Waals surface area contributed by atoms with Gasteiger partial charge in [-0.1, -0.05) is 190 Å². The Hall–Kier alpha value is -7.48. The molecule has 0 fully saturated rings. The summed E-state index contributed by atoms with van der Waals surface area (Å²) in [5, 5.41) is 7.57. The Bertz CT molecular complexity index is 3300. The molecule has 0 aliphatic heterocycles. The minimum atomic E-state index is -0.0859. The molecule has 60 heavy (non-hydrogen) atoms. The van der Waals surface area contributed by atoms with E-state index in [1.807, 2.05) is 0 Å². The van der Waals surface area contributed by atoms with Crippen LogP contribution >= 0.6 is 0 Å². The van der Waals surface area contributed by atoms with Crippen LogP contribution in [0, 0.1) is 0 Å². The van der Waals surface area contributed by atoms with E-state index in [1.165, 1.54) is 116 Å². The molecule has 0 bridgehead atoms. The number of hydrogen-bond donors (Lipinski definition) is 0. The van der Waals surface area contributed by atoms with E-state index >= 15 is 0 Å². The molecule has 0 unspecified atom stereocenters. The number of fused-ring (bicyclic) bond motifs is 8. The molecule has 1 aliphatic carbocycles. The van der Waals surface area contributed by atoms with Crippen molar-refractivity contribution in [3.63, 3.8) is 0 Å². The van der Waals surface area contributed by atoms with Gasteiger partial charge in [0.25, 0.3) is 0 Å². The van der Waals surface area contributed by atoms with Gasteiger partial charge in [-0.3, -0.25) is 0 Å². The van der Waals surface area contributed by atoms with Crippen molar-refractivity contribution >= 4 is 43.4 Å². The van der Waals surface area contributed by atoms with Crippen molar-refractivity contribution < 1.29 is 0 Å². The first-order chi connectivity index (χ1) is 29.5. The third kappa shape index (κ3) is 5.33. The average Bonchev–Trinajstić information content (AvgIpc) is 3.75. The molecule has 0 spiro atoms. The van der Waals surface area contributed by atoms with Gasteiger partial charge >= 0.3 is 0 Å². The van der Waals surface area contributed by atoms with Crippen LogP contribution in [0.3, 0.4) is 0 Å². The number of nitrogens with zero attached hydrogens (tertiary/aromatic N) is 1. The molecule has 282 valence electrons. The third-order valence-electron chi connectivity index (χ3n) is 13.2. The molecule has 1 heterocycles. The smallest absolute Gasteiger partial charge is 0.0541 e. The van der Waals surface area contributed by atoms with Gasteiger partial charge in [-0.2, -0.15) is 0 Å². The van der Waals surface area contributed by atoms with Crippen LogP contribution in [0.2, 0.25) is 0 Å². The van der Waals surface area contributed by atoms with E-state index in [1.54, 1.807) is 0 Å². The normalized spacial score (nSPS) is 13.0. The highest BCUT2D eigenvalue weighted by molar-refractivity contribution is 6.12. The fourth-order valence-electron chi connectivity index (χ4n) is 10.1. The van der Waals surface area contributed by atoms with Crippen LogP contribution < -0.4 is 0 Å². The van der Waals surface area contributed by atoms with Gasteiger partial charge in [0.1, 0.15) is 0 Å². The maximum atomic E-state index is 2.48. The lowest BCUT2D eigenvalue weighted by atomic mass is 9.82. The first kappa shape index (κ1) is 34.6. The fourth-order valence-corrected chi connectivity index (χ4v) is 10.1. The monoisotopic (exact) mass is 763 g/mol. The second kappa shape index (κ2) is 13.3. The number of hydrogen-bond acceptors (Lipinski definition) is 0. The van der Waals surface area contributed by atoms with Crippen LogP contribution in [-0.4, -0.2) is 4.57 Å². The molecule has 0 atom stereocenters.